The number of nitrogens with one attached hydrogen (secondary N) is 2. The van der Waals surface area contributed by atoms with Crippen molar-refractivity contribution in [1.82, 2.24) is 10.3 Å². The van der Waals surface area contributed by atoms with Crippen LogP contribution in [-0.4, -0.2) is 30.1 Å². The maximum absolute atomic E-state index is 12.2. The maximum Gasteiger partial charge on any atom is 0.251 e. The Bertz CT molecular complexity index is 616. The molecule has 1 aromatic heterocycles. The van der Waals surface area contributed by atoms with Gasteiger partial charge in [0.2, 0.25) is 0 Å². The minimum absolute atomic E-state index is 0.00667. The molecule has 0 aliphatic rings. The van der Waals surface area contributed by atoms with E-state index in [1.807, 2.05) is 39.0 Å². The highest BCUT2D eigenvalue weighted by atomic mass is 16.5. The first-order valence-corrected chi connectivity index (χ1v) is 7.00. The van der Waals surface area contributed by atoms with Crippen molar-refractivity contribution in [2.75, 3.05) is 13.2 Å². The Balaban J connectivity index is 2.16. The van der Waals surface area contributed by atoms with Crippen LogP contribution in [0.15, 0.2) is 18.2 Å². The number of aromatic amines is 1. The van der Waals surface area contributed by atoms with Gasteiger partial charge in [0.1, 0.15) is 0 Å². The largest absolute Gasteiger partial charge is 0.380 e. The van der Waals surface area contributed by atoms with Crippen LogP contribution in [-0.2, 0) is 4.74 Å². The van der Waals surface area contributed by atoms with Crippen LogP contribution >= 0.6 is 0 Å². The SMILES string of the molecule is CCOCC(C)NC(=O)c1ccc2[nH]c(C)c(C)c2c1. The molecule has 0 spiro atoms. The van der Waals surface area contributed by atoms with Crippen molar-refractivity contribution in [2.24, 2.45) is 0 Å². The van der Waals surface area contributed by atoms with E-state index in [-0.39, 0.29) is 11.9 Å². The van der Waals surface area contributed by atoms with Gasteiger partial charge in [0.25, 0.3) is 5.91 Å². The van der Waals surface area contributed by atoms with Crippen LogP contribution in [0.4, 0.5) is 0 Å². The third-order valence-electron chi connectivity index (χ3n) is 3.52. The van der Waals surface area contributed by atoms with E-state index in [0.29, 0.717) is 18.8 Å². The van der Waals surface area contributed by atoms with E-state index in [2.05, 4.69) is 17.2 Å². The van der Waals surface area contributed by atoms with Crippen molar-refractivity contribution >= 4 is 16.8 Å². The summed E-state index contributed by atoms with van der Waals surface area (Å²) in [6.07, 6.45) is 0. The zero-order valence-electron chi connectivity index (χ0n) is 12.5. The van der Waals surface area contributed by atoms with Gasteiger partial charge in [-0.05, 0) is 51.5 Å². The number of hydrogen-bond acceptors (Lipinski definition) is 2. The molecule has 0 aliphatic heterocycles. The quantitative estimate of drug-likeness (QED) is 0.880. The predicted octanol–water partition coefficient (Wildman–Crippen LogP) is 2.94. The second-order valence-corrected chi connectivity index (χ2v) is 5.17. The lowest BCUT2D eigenvalue weighted by molar-refractivity contribution is 0.0872. The first kappa shape index (κ1) is 14.6. The molecule has 1 amide bonds. The summed E-state index contributed by atoms with van der Waals surface area (Å²) in [6.45, 7) is 9.19. The Hall–Kier alpha value is -1.81. The molecule has 2 aromatic rings. The Morgan fingerprint density at radius 1 is 1.40 bits per heavy atom. The van der Waals surface area contributed by atoms with E-state index in [4.69, 9.17) is 4.74 Å². The normalized spacial score (nSPS) is 12.6. The van der Waals surface area contributed by atoms with E-state index in [0.717, 1.165) is 16.6 Å². The molecule has 0 fully saturated rings. The zero-order valence-corrected chi connectivity index (χ0v) is 12.5. The van der Waals surface area contributed by atoms with Gasteiger partial charge in [0.05, 0.1) is 6.61 Å². The molecule has 0 saturated carbocycles. The number of aryl methyl sites for hydroxylation is 2. The minimum Gasteiger partial charge on any atom is -0.380 e. The highest BCUT2D eigenvalue weighted by Gasteiger charge is 2.12. The third-order valence-corrected chi connectivity index (χ3v) is 3.52. The van der Waals surface area contributed by atoms with Crippen molar-refractivity contribution in [2.45, 2.75) is 33.7 Å². The number of rotatable bonds is 5. The molecule has 108 valence electrons. The summed E-state index contributed by atoms with van der Waals surface area (Å²) in [5.74, 6) is -0.0580. The summed E-state index contributed by atoms with van der Waals surface area (Å²) >= 11 is 0. The van der Waals surface area contributed by atoms with Crippen LogP contribution in [0.25, 0.3) is 10.9 Å². The Labute approximate surface area is 119 Å². The van der Waals surface area contributed by atoms with Crippen molar-refractivity contribution < 1.29 is 9.53 Å². The second-order valence-electron chi connectivity index (χ2n) is 5.17. The van der Waals surface area contributed by atoms with Crippen molar-refractivity contribution in [3.8, 4) is 0 Å². The molecule has 4 nitrogen and oxygen atoms in total. The number of hydrogen-bond donors (Lipinski definition) is 2. The smallest absolute Gasteiger partial charge is 0.251 e. The summed E-state index contributed by atoms with van der Waals surface area (Å²) in [5.41, 5.74) is 4.08. The Morgan fingerprint density at radius 2 is 2.15 bits per heavy atom. The van der Waals surface area contributed by atoms with Crippen LogP contribution in [0.1, 0.15) is 35.5 Å². The molecule has 4 heteroatoms. The molecule has 1 atom stereocenters. The maximum atomic E-state index is 12.2. The lowest BCUT2D eigenvalue weighted by atomic mass is 10.1. The summed E-state index contributed by atoms with van der Waals surface area (Å²) in [6, 6.07) is 5.75. The van der Waals surface area contributed by atoms with E-state index >= 15 is 0 Å². The zero-order chi connectivity index (χ0) is 14.7. The third kappa shape index (κ3) is 3.02. The number of carbonyl (C=O) groups excluding carboxylic acids is 1. The average Bonchev–Trinajstić information content (AvgIpc) is 2.71. The van der Waals surface area contributed by atoms with Crippen LogP contribution in [0.5, 0.6) is 0 Å². The molecule has 1 unspecified atom stereocenters. The summed E-state index contributed by atoms with van der Waals surface area (Å²) in [7, 11) is 0. The second kappa shape index (κ2) is 6.09. The molecule has 1 heterocycles. The number of carbonyl (C=O) groups is 1. The van der Waals surface area contributed by atoms with E-state index in [1.54, 1.807) is 0 Å². The summed E-state index contributed by atoms with van der Waals surface area (Å²) in [4.78, 5) is 15.5. The monoisotopic (exact) mass is 274 g/mol. The molecule has 1 aromatic carbocycles. The number of amides is 1. The lowest BCUT2D eigenvalue weighted by Gasteiger charge is -2.13. The minimum atomic E-state index is -0.0580. The van der Waals surface area contributed by atoms with E-state index in [1.165, 1.54) is 5.56 Å². The van der Waals surface area contributed by atoms with E-state index in [9.17, 15) is 4.79 Å². The first-order chi connectivity index (χ1) is 9.52. The molecular weight excluding hydrogens is 252 g/mol. The number of benzene rings is 1. The van der Waals surface area contributed by atoms with Crippen LogP contribution in [0, 0.1) is 13.8 Å². The topological polar surface area (TPSA) is 54.1 Å². The molecule has 2 N–H and O–H groups in total. The standard InChI is InChI=1S/C16H22N2O2/c1-5-20-9-10(2)17-16(19)13-6-7-15-14(8-13)11(3)12(4)18-15/h6-8,10,18H,5,9H2,1-4H3,(H,17,19). The fourth-order valence-corrected chi connectivity index (χ4v) is 2.25. The van der Waals surface area contributed by atoms with Gasteiger partial charge in [-0.1, -0.05) is 0 Å². The number of fused-ring (bicyclic) bond motifs is 1. The molecule has 0 radical (unpaired) electrons. The first-order valence-electron chi connectivity index (χ1n) is 7.00. The van der Waals surface area contributed by atoms with Crippen molar-refractivity contribution in [3.05, 3.63) is 35.0 Å². The molecule has 20 heavy (non-hydrogen) atoms. The lowest BCUT2D eigenvalue weighted by Crippen LogP contribution is -2.35. The fourth-order valence-electron chi connectivity index (χ4n) is 2.25. The predicted molar refractivity (Wildman–Crippen MR) is 81.2 cm³/mol. The molecule has 0 aliphatic carbocycles. The van der Waals surface area contributed by atoms with Crippen LogP contribution in [0.2, 0.25) is 0 Å². The molecule has 0 bridgehead atoms. The van der Waals surface area contributed by atoms with Gasteiger partial charge in [-0.2, -0.15) is 0 Å². The Kier molecular flexibility index (Phi) is 4.45. The summed E-state index contributed by atoms with van der Waals surface area (Å²) in [5, 5.41) is 4.05. The van der Waals surface area contributed by atoms with Crippen molar-refractivity contribution in [1.29, 1.82) is 0 Å². The van der Waals surface area contributed by atoms with Gasteiger partial charge in [0.15, 0.2) is 0 Å². The highest BCUT2D eigenvalue weighted by Crippen LogP contribution is 2.22. The van der Waals surface area contributed by atoms with Gasteiger partial charge in [-0.25, -0.2) is 0 Å². The summed E-state index contributed by atoms with van der Waals surface area (Å²) < 4.78 is 5.30. The van der Waals surface area contributed by atoms with E-state index < -0.39 is 0 Å². The molecular formula is C16H22N2O2. The number of ether oxygens (including phenoxy) is 1. The average molecular weight is 274 g/mol. The van der Waals surface area contributed by atoms with Gasteiger partial charge in [-0.15, -0.1) is 0 Å². The molecule has 2 rings (SSSR count). The van der Waals surface area contributed by atoms with Gasteiger partial charge >= 0.3 is 0 Å². The molecule has 0 saturated heterocycles. The van der Waals surface area contributed by atoms with Crippen molar-refractivity contribution in [3.63, 3.8) is 0 Å². The van der Waals surface area contributed by atoms with Crippen LogP contribution in [0.3, 0.4) is 0 Å². The number of aromatic nitrogens is 1. The fraction of sp³-hybridized carbons (Fsp3) is 0.438. The highest BCUT2D eigenvalue weighted by molar-refractivity contribution is 5.99. The van der Waals surface area contributed by atoms with Crippen LogP contribution < -0.4 is 5.32 Å². The van der Waals surface area contributed by atoms with Gasteiger partial charge in [0, 0.05) is 34.8 Å². The van der Waals surface area contributed by atoms with Gasteiger partial charge < -0.3 is 15.0 Å². The Morgan fingerprint density at radius 3 is 2.85 bits per heavy atom. The number of H-pyrrole nitrogens is 1. The van der Waals surface area contributed by atoms with Gasteiger partial charge in [-0.3, -0.25) is 4.79 Å².